The lowest BCUT2D eigenvalue weighted by atomic mass is 10.00. The van der Waals surface area contributed by atoms with Crippen LogP contribution in [0.3, 0.4) is 0 Å². The van der Waals surface area contributed by atoms with Gasteiger partial charge in [0, 0.05) is 10.7 Å². The molecule has 0 radical (unpaired) electrons. The molecule has 4 amide bonds. The zero-order valence-corrected chi connectivity index (χ0v) is 13.0. The average molecular weight is 325 g/mol. The highest BCUT2D eigenvalue weighted by molar-refractivity contribution is 6.30. The van der Waals surface area contributed by atoms with Gasteiger partial charge in [-0.15, -0.1) is 0 Å². The Morgan fingerprint density at radius 1 is 1.41 bits per heavy atom. The average Bonchev–Trinajstić information content (AvgIpc) is 2.69. The molecule has 1 unspecified atom stereocenters. The molecule has 1 aliphatic heterocycles. The molecule has 1 aliphatic rings. The summed E-state index contributed by atoms with van der Waals surface area (Å²) in [6.07, 6.45) is 0.435. The summed E-state index contributed by atoms with van der Waals surface area (Å²) in [5.41, 5.74) is 1.97. The van der Waals surface area contributed by atoms with E-state index in [1.807, 2.05) is 0 Å². The van der Waals surface area contributed by atoms with Gasteiger partial charge in [-0.2, -0.15) is 5.01 Å². The van der Waals surface area contributed by atoms with Crippen molar-refractivity contribution in [3.63, 3.8) is 0 Å². The van der Waals surface area contributed by atoms with Gasteiger partial charge < -0.3 is 10.6 Å². The highest BCUT2D eigenvalue weighted by Crippen LogP contribution is 2.19. The van der Waals surface area contributed by atoms with Crippen molar-refractivity contribution in [2.45, 2.75) is 25.8 Å². The van der Waals surface area contributed by atoms with Crippen molar-refractivity contribution in [1.29, 1.82) is 0 Å². The van der Waals surface area contributed by atoms with E-state index in [1.54, 1.807) is 38.1 Å². The fourth-order valence-electron chi connectivity index (χ4n) is 1.97. The Hall–Kier alpha value is -2.28. The van der Waals surface area contributed by atoms with Crippen LogP contribution in [-0.2, 0) is 9.59 Å². The third-order valence-electron chi connectivity index (χ3n) is 3.48. The Kier molecular flexibility index (Phi) is 4.56. The minimum absolute atomic E-state index is 0.0970. The molecule has 0 aliphatic carbocycles. The Labute approximate surface area is 133 Å². The Bertz CT molecular complexity index is 622. The highest BCUT2D eigenvalue weighted by atomic mass is 35.5. The second-order valence-electron chi connectivity index (χ2n) is 5.16. The van der Waals surface area contributed by atoms with Crippen LogP contribution in [0.25, 0.3) is 0 Å². The first-order valence-corrected chi connectivity index (χ1v) is 7.19. The number of hydrogen-bond acceptors (Lipinski definition) is 4. The van der Waals surface area contributed by atoms with Crippen molar-refractivity contribution in [2.75, 3.05) is 11.9 Å². The minimum Gasteiger partial charge on any atom is -0.376 e. The Morgan fingerprint density at radius 2 is 2.14 bits per heavy atom. The van der Waals surface area contributed by atoms with Crippen LogP contribution >= 0.6 is 11.6 Å². The van der Waals surface area contributed by atoms with Gasteiger partial charge in [0.05, 0.1) is 6.54 Å². The summed E-state index contributed by atoms with van der Waals surface area (Å²) in [4.78, 5) is 35.7. The summed E-state index contributed by atoms with van der Waals surface area (Å²) in [5, 5.41) is 6.66. The van der Waals surface area contributed by atoms with Gasteiger partial charge in [0.15, 0.2) is 0 Å². The molecular weight excluding hydrogens is 308 g/mol. The maximum absolute atomic E-state index is 12.1. The number of benzene rings is 1. The quantitative estimate of drug-likeness (QED) is 0.716. The number of rotatable bonds is 5. The molecule has 0 bridgehead atoms. The van der Waals surface area contributed by atoms with Crippen LogP contribution in [0.5, 0.6) is 0 Å². The van der Waals surface area contributed by atoms with Crippen LogP contribution in [-0.4, -0.2) is 34.9 Å². The smallest absolute Gasteiger partial charge is 0.344 e. The first-order chi connectivity index (χ1) is 10.4. The first kappa shape index (κ1) is 16.1. The van der Waals surface area contributed by atoms with Crippen LogP contribution in [0.1, 0.15) is 20.3 Å². The summed E-state index contributed by atoms with van der Waals surface area (Å²) in [6.45, 7) is 3.30. The number of nitrogens with one attached hydrogen (secondary N) is 3. The molecule has 1 aromatic carbocycles. The number of amides is 4. The number of hydrazine groups is 1. The van der Waals surface area contributed by atoms with Gasteiger partial charge in [0.1, 0.15) is 5.54 Å². The number of urea groups is 1. The second-order valence-corrected chi connectivity index (χ2v) is 5.59. The summed E-state index contributed by atoms with van der Waals surface area (Å²) >= 11 is 5.84. The van der Waals surface area contributed by atoms with E-state index < -0.39 is 23.4 Å². The van der Waals surface area contributed by atoms with Crippen molar-refractivity contribution in [3.05, 3.63) is 29.3 Å². The van der Waals surface area contributed by atoms with Gasteiger partial charge in [-0.3, -0.25) is 15.0 Å². The molecule has 1 fully saturated rings. The molecule has 7 nitrogen and oxygen atoms in total. The van der Waals surface area contributed by atoms with Gasteiger partial charge in [0.25, 0.3) is 11.8 Å². The predicted molar refractivity (Wildman–Crippen MR) is 82.2 cm³/mol. The van der Waals surface area contributed by atoms with E-state index in [2.05, 4.69) is 16.1 Å². The predicted octanol–water partition coefficient (Wildman–Crippen LogP) is 1.50. The largest absolute Gasteiger partial charge is 0.376 e. The molecule has 0 aromatic heterocycles. The highest BCUT2D eigenvalue weighted by Gasteiger charge is 2.47. The van der Waals surface area contributed by atoms with E-state index >= 15 is 0 Å². The Balaban J connectivity index is 1.92. The van der Waals surface area contributed by atoms with Gasteiger partial charge in [0.2, 0.25) is 0 Å². The summed E-state index contributed by atoms with van der Waals surface area (Å²) < 4.78 is 0. The van der Waals surface area contributed by atoms with E-state index in [4.69, 9.17) is 11.6 Å². The number of imide groups is 1. The summed E-state index contributed by atoms with van der Waals surface area (Å²) in [6, 6.07) is 6.24. The van der Waals surface area contributed by atoms with Crippen molar-refractivity contribution in [1.82, 2.24) is 15.8 Å². The van der Waals surface area contributed by atoms with E-state index in [1.165, 1.54) is 0 Å². The first-order valence-electron chi connectivity index (χ1n) is 6.81. The van der Waals surface area contributed by atoms with Crippen LogP contribution in [0, 0.1) is 0 Å². The number of carbonyl (C=O) groups is 3. The van der Waals surface area contributed by atoms with Crippen LogP contribution in [0.2, 0.25) is 5.02 Å². The fourth-order valence-corrected chi connectivity index (χ4v) is 2.16. The van der Waals surface area contributed by atoms with Crippen LogP contribution in [0.4, 0.5) is 10.5 Å². The van der Waals surface area contributed by atoms with Crippen molar-refractivity contribution in [2.24, 2.45) is 0 Å². The molecule has 1 heterocycles. The van der Waals surface area contributed by atoms with E-state index in [0.717, 1.165) is 0 Å². The molecule has 118 valence electrons. The number of carbonyl (C=O) groups excluding carboxylic acids is 3. The molecule has 0 spiro atoms. The Morgan fingerprint density at radius 3 is 2.73 bits per heavy atom. The number of hydrogen-bond donors (Lipinski definition) is 3. The third-order valence-corrected chi connectivity index (χ3v) is 3.72. The normalized spacial score (nSPS) is 20.8. The van der Waals surface area contributed by atoms with Gasteiger partial charge >= 0.3 is 6.03 Å². The van der Waals surface area contributed by atoms with Crippen molar-refractivity contribution < 1.29 is 14.4 Å². The van der Waals surface area contributed by atoms with Gasteiger partial charge in [-0.1, -0.05) is 24.6 Å². The lowest BCUT2D eigenvalue weighted by Crippen LogP contribution is -2.50. The molecular formula is C14H17ClN4O3. The SMILES string of the molecule is CCC1(C)NC(=O)N(NC(=O)CNc2cccc(Cl)c2)C1=O. The van der Waals surface area contributed by atoms with E-state index in [0.29, 0.717) is 22.1 Å². The topological polar surface area (TPSA) is 90.5 Å². The molecule has 1 aromatic rings. The molecule has 1 saturated heterocycles. The monoisotopic (exact) mass is 324 g/mol. The minimum atomic E-state index is -0.981. The van der Waals surface area contributed by atoms with Crippen molar-refractivity contribution >= 4 is 35.1 Å². The van der Waals surface area contributed by atoms with Gasteiger partial charge in [-0.05, 0) is 31.5 Å². The van der Waals surface area contributed by atoms with E-state index in [-0.39, 0.29) is 6.54 Å². The zero-order valence-electron chi connectivity index (χ0n) is 12.3. The molecule has 3 N–H and O–H groups in total. The second kappa shape index (κ2) is 6.23. The number of halogens is 1. The van der Waals surface area contributed by atoms with Crippen LogP contribution < -0.4 is 16.1 Å². The maximum Gasteiger partial charge on any atom is 0.344 e. The molecule has 2 rings (SSSR count). The van der Waals surface area contributed by atoms with E-state index in [9.17, 15) is 14.4 Å². The molecule has 0 saturated carbocycles. The van der Waals surface area contributed by atoms with Crippen LogP contribution in [0.15, 0.2) is 24.3 Å². The lowest BCUT2D eigenvalue weighted by Gasteiger charge is -2.19. The zero-order chi connectivity index (χ0) is 16.3. The van der Waals surface area contributed by atoms with Gasteiger partial charge in [-0.25, -0.2) is 4.79 Å². The molecule has 22 heavy (non-hydrogen) atoms. The summed E-state index contributed by atoms with van der Waals surface area (Å²) in [5.74, 6) is -0.986. The molecule has 1 atom stereocenters. The molecule has 8 heteroatoms. The number of nitrogens with zero attached hydrogens (tertiary/aromatic N) is 1. The lowest BCUT2D eigenvalue weighted by molar-refractivity contribution is -0.138. The summed E-state index contributed by atoms with van der Waals surface area (Å²) in [7, 11) is 0. The van der Waals surface area contributed by atoms with Crippen molar-refractivity contribution in [3.8, 4) is 0 Å². The number of anilines is 1. The maximum atomic E-state index is 12.1. The fraction of sp³-hybridized carbons (Fsp3) is 0.357. The third kappa shape index (κ3) is 3.30. The standard InChI is InChI=1S/C14H17ClN4O3/c1-3-14(2)12(21)19(13(22)17-14)18-11(20)8-16-10-6-4-5-9(15)7-10/h4-7,16H,3,8H2,1-2H3,(H,17,22)(H,18,20).